The molecule has 1 amide bonds. The number of rotatable bonds is 9. The summed E-state index contributed by atoms with van der Waals surface area (Å²) in [5.74, 6) is 0.676. The molecule has 0 spiro atoms. The van der Waals surface area contributed by atoms with Gasteiger partial charge in [-0.2, -0.15) is 5.10 Å². The number of hydrogen-bond acceptors (Lipinski definition) is 3. The second kappa shape index (κ2) is 10.1. The van der Waals surface area contributed by atoms with Crippen LogP contribution in [0.15, 0.2) is 30.3 Å². The van der Waals surface area contributed by atoms with Crippen LogP contribution < -0.4 is 5.32 Å². The van der Waals surface area contributed by atoms with Crippen LogP contribution in [0.2, 0.25) is 0 Å². The van der Waals surface area contributed by atoms with Crippen LogP contribution in [0.1, 0.15) is 61.7 Å². The first-order valence-corrected chi connectivity index (χ1v) is 11.0. The Morgan fingerprint density at radius 1 is 1.10 bits per heavy atom. The number of likely N-dealkylation sites (tertiary alicyclic amines) is 1. The Morgan fingerprint density at radius 2 is 1.79 bits per heavy atom. The van der Waals surface area contributed by atoms with Crippen LogP contribution in [0.4, 0.5) is 0 Å². The van der Waals surface area contributed by atoms with Gasteiger partial charge in [-0.25, -0.2) is 0 Å². The number of carbonyl (C=O) groups excluding carboxylic acids is 1. The van der Waals surface area contributed by atoms with Gasteiger partial charge in [-0.15, -0.1) is 0 Å². The lowest BCUT2D eigenvalue weighted by molar-refractivity contribution is -0.121. The van der Waals surface area contributed by atoms with Gasteiger partial charge in [0.15, 0.2) is 0 Å². The molecule has 1 aromatic heterocycles. The normalized spacial score (nSPS) is 15.8. The number of nitrogens with one attached hydrogen (secondary N) is 1. The molecule has 1 saturated heterocycles. The lowest BCUT2D eigenvalue weighted by Gasteiger charge is -2.25. The number of nitrogens with zero attached hydrogens (tertiary/aromatic N) is 3. The number of hydrogen-bond donors (Lipinski definition) is 1. The fourth-order valence-corrected chi connectivity index (χ4v) is 4.27. The summed E-state index contributed by atoms with van der Waals surface area (Å²) >= 11 is 0. The van der Waals surface area contributed by atoms with E-state index in [1.165, 1.54) is 29.7 Å². The van der Waals surface area contributed by atoms with Gasteiger partial charge < -0.3 is 10.2 Å². The lowest BCUT2D eigenvalue weighted by atomic mass is 10.0. The number of aromatic nitrogens is 2. The molecule has 1 aliphatic rings. The molecule has 0 aliphatic carbocycles. The number of amides is 1. The Balaban J connectivity index is 1.62. The molecule has 1 N–H and O–H groups in total. The van der Waals surface area contributed by atoms with E-state index >= 15 is 0 Å². The first-order valence-electron chi connectivity index (χ1n) is 11.0. The highest BCUT2D eigenvalue weighted by molar-refractivity contribution is 5.76. The van der Waals surface area contributed by atoms with Crippen LogP contribution in [-0.4, -0.2) is 40.2 Å². The monoisotopic (exact) mass is 396 g/mol. The Bertz CT molecular complexity index is 791. The molecule has 0 bridgehead atoms. The molecule has 1 unspecified atom stereocenters. The van der Waals surface area contributed by atoms with E-state index < -0.39 is 0 Å². The van der Waals surface area contributed by atoms with E-state index in [-0.39, 0.29) is 11.9 Å². The summed E-state index contributed by atoms with van der Waals surface area (Å²) < 4.78 is 2.09. The van der Waals surface area contributed by atoms with E-state index in [1.807, 2.05) is 18.2 Å². The van der Waals surface area contributed by atoms with Crippen LogP contribution in [0, 0.1) is 19.8 Å². The third-order valence-electron chi connectivity index (χ3n) is 5.85. The van der Waals surface area contributed by atoms with E-state index in [2.05, 4.69) is 59.8 Å². The number of aryl methyl sites for hydroxylation is 1. The standard InChI is InChI=1S/C24H36N4O/c1-18(2)16-28-20(4)22(19(3)26-28)12-13-24(29)25-23(17-27-14-8-9-15-27)21-10-6-5-7-11-21/h5-7,10-11,18,23H,8-9,12-17H2,1-4H3,(H,25,29). The van der Waals surface area contributed by atoms with Gasteiger partial charge in [-0.05, 0) is 63.2 Å². The van der Waals surface area contributed by atoms with Crippen molar-refractivity contribution in [3.8, 4) is 0 Å². The molecule has 2 heterocycles. The maximum atomic E-state index is 12.8. The van der Waals surface area contributed by atoms with Crippen molar-refractivity contribution >= 4 is 5.91 Å². The largest absolute Gasteiger partial charge is 0.348 e. The predicted molar refractivity (Wildman–Crippen MR) is 118 cm³/mol. The van der Waals surface area contributed by atoms with Crippen LogP contribution >= 0.6 is 0 Å². The van der Waals surface area contributed by atoms with Crippen LogP contribution in [0.3, 0.4) is 0 Å². The molecule has 158 valence electrons. The maximum absolute atomic E-state index is 12.8. The summed E-state index contributed by atoms with van der Waals surface area (Å²) in [5, 5.41) is 7.98. The second-order valence-electron chi connectivity index (χ2n) is 8.76. The van der Waals surface area contributed by atoms with E-state index in [9.17, 15) is 4.79 Å². The Morgan fingerprint density at radius 3 is 2.45 bits per heavy atom. The fourth-order valence-electron chi connectivity index (χ4n) is 4.27. The van der Waals surface area contributed by atoms with Gasteiger partial charge in [0.1, 0.15) is 0 Å². The van der Waals surface area contributed by atoms with Gasteiger partial charge in [-0.1, -0.05) is 44.2 Å². The molecule has 0 radical (unpaired) electrons. The highest BCUT2D eigenvalue weighted by atomic mass is 16.1. The average molecular weight is 397 g/mol. The first-order chi connectivity index (χ1) is 13.9. The SMILES string of the molecule is Cc1nn(CC(C)C)c(C)c1CCC(=O)NC(CN1CCCC1)c1ccccc1. The molecule has 5 heteroatoms. The van der Waals surface area contributed by atoms with Gasteiger partial charge in [0.2, 0.25) is 5.91 Å². The average Bonchev–Trinajstić information content (AvgIpc) is 3.28. The molecule has 5 nitrogen and oxygen atoms in total. The molecule has 2 aromatic rings. The van der Waals surface area contributed by atoms with Crippen molar-refractivity contribution in [2.24, 2.45) is 5.92 Å². The smallest absolute Gasteiger partial charge is 0.220 e. The summed E-state index contributed by atoms with van der Waals surface area (Å²) in [4.78, 5) is 15.3. The molecular weight excluding hydrogens is 360 g/mol. The second-order valence-corrected chi connectivity index (χ2v) is 8.76. The number of carbonyl (C=O) groups is 1. The molecule has 29 heavy (non-hydrogen) atoms. The highest BCUT2D eigenvalue weighted by Crippen LogP contribution is 2.19. The van der Waals surface area contributed by atoms with E-state index in [4.69, 9.17) is 0 Å². The minimum absolute atomic E-state index is 0.0488. The minimum atomic E-state index is 0.0488. The van der Waals surface area contributed by atoms with E-state index in [1.54, 1.807) is 0 Å². The predicted octanol–water partition coefficient (Wildman–Crippen LogP) is 4.04. The van der Waals surface area contributed by atoms with Gasteiger partial charge in [-0.3, -0.25) is 9.48 Å². The highest BCUT2D eigenvalue weighted by Gasteiger charge is 2.21. The van der Waals surface area contributed by atoms with Gasteiger partial charge in [0, 0.05) is 25.2 Å². The maximum Gasteiger partial charge on any atom is 0.220 e. The van der Waals surface area contributed by atoms with E-state index in [0.29, 0.717) is 12.3 Å². The van der Waals surface area contributed by atoms with Gasteiger partial charge in [0.05, 0.1) is 11.7 Å². The summed E-state index contributed by atoms with van der Waals surface area (Å²) in [7, 11) is 0. The van der Waals surface area contributed by atoms with Crippen LogP contribution in [0.5, 0.6) is 0 Å². The van der Waals surface area contributed by atoms with Crippen molar-refractivity contribution in [2.75, 3.05) is 19.6 Å². The zero-order chi connectivity index (χ0) is 20.8. The topological polar surface area (TPSA) is 50.2 Å². The van der Waals surface area contributed by atoms with Crippen molar-refractivity contribution in [2.45, 2.75) is 66.0 Å². The molecule has 1 atom stereocenters. The summed E-state index contributed by atoms with van der Waals surface area (Å²) in [5.41, 5.74) is 4.65. The third kappa shape index (κ3) is 5.92. The minimum Gasteiger partial charge on any atom is -0.348 e. The van der Waals surface area contributed by atoms with Gasteiger partial charge in [0.25, 0.3) is 0 Å². The van der Waals surface area contributed by atoms with Crippen molar-refractivity contribution in [3.63, 3.8) is 0 Å². The molecular formula is C24H36N4O. The van der Waals surface area contributed by atoms with Crippen molar-refractivity contribution in [3.05, 3.63) is 52.8 Å². The molecule has 0 saturated carbocycles. The Labute approximate surface area is 175 Å². The zero-order valence-corrected chi connectivity index (χ0v) is 18.4. The first kappa shape index (κ1) is 21.6. The lowest BCUT2D eigenvalue weighted by Crippen LogP contribution is -2.37. The van der Waals surface area contributed by atoms with E-state index in [0.717, 1.165) is 38.3 Å². The van der Waals surface area contributed by atoms with Crippen LogP contribution in [-0.2, 0) is 17.8 Å². The summed E-state index contributed by atoms with van der Waals surface area (Å²) in [6.45, 7) is 12.7. The van der Waals surface area contributed by atoms with Crippen molar-refractivity contribution < 1.29 is 4.79 Å². The van der Waals surface area contributed by atoms with Crippen molar-refractivity contribution in [1.29, 1.82) is 0 Å². The number of benzene rings is 1. The van der Waals surface area contributed by atoms with Crippen molar-refractivity contribution in [1.82, 2.24) is 20.0 Å². The molecule has 3 rings (SSSR count). The fraction of sp³-hybridized carbons (Fsp3) is 0.583. The van der Waals surface area contributed by atoms with Crippen LogP contribution in [0.25, 0.3) is 0 Å². The third-order valence-corrected chi connectivity index (χ3v) is 5.85. The zero-order valence-electron chi connectivity index (χ0n) is 18.4. The summed E-state index contributed by atoms with van der Waals surface area (Å²) in [6.07, 6.45) is 3.76. The molecule has 1 aliphatic heterocycles. The summed E-state index contributed by atoms with van der Waals surface area (Å²) in [6, 6.07) is 10.4. The molecule has 1 fully saturated rings. The Hall–Kier alpha value is -2.14. The quantitative estimate of drug-likeness (QED) is 0.696. The van der Waals surface area contributed by atoms with Gasteiger partial charge >= 0.3 is 0 Å². The molecule has 1 aromatic carbocycles. The Kier molecular flexibility index (Phi) is 7.48.